The SMILES string of the molecule is COC(=O)NCC(C)(C)CC(=O)NCCC(O)C(NC(=O)C(N1CCN(Cc2ccccc2)C1=O)C(C)(C)C)C(Cc1ccc(-c2ccc(C)cn2)cc1)c1ccccc1. The largest absolute Gasteiger partial charge is 0.453 e. The molecule has 1 aliphatic heterocycles. The standard InChI is InChI=1S/C48H62N6O6/c1-33-18-23-39(50-30-33)37-21-19-34(20-22-37)28-38(36-16-12-9-13-17-36)42(40(55)24-25-49-41(56)29-48(5,6)32-51-45(58)60-7)52-44(57)43(47(2,3)4)54-27-26-53(46(54)59)31-35-14-10-8-11-15-35/h8-23,30,38,40,42-43,55H,24-29,31-32H2,1-7H3,(H,49,56)(H,51,58)(H,52,57). The zero-order valence-electron chi connectivity index (χ0n) is 36.1. The molecule has 3 aromatic carbocycles. The van der Waals surface area contributed by atoms with Crippen molar-refractivity contribution >= 4 is 23.9 Å². The number of rotatable bonds is 18. The Hall–Kier alpha value is -5.75. The van der Waals surface area contributed by atoms with Gasteiger partial charge in [-0.05, 0) is 58.9 Å². The number of alkyl carbamates (subject to hydrolysis) is 1. The molecular weight excluding hydrogens is 757 g/mol. The first kappa shape index (κ1) is 45.3. The first-order valence-corrected chi connectivity index (χ1v) is 20.8. The molecule has 60 heavy (non-hydrogen) atoms. The summed E-state index contributed by atoms with van der Waals surface area (Å²) >= 11 is 0. The first-order valence-electron chi connectivity index (χ1n) is 20.8. The number of benzene rings is 3. The monoisotopic (exact) mass is 818 g/mol. The summed E-state index contributed by atoms with van der Waals surface area (Å²) in [5.74, 6) is -0.980. The van der Waals surface area contributed by atoms with E-state index in [1.807, 2.05) is 133 Å². The van der Waals surface area contributed by atoms with Crippen LogP contribution in [0.4, 0.5) is 9.59 Å². The summed E-state index contributed by atoms with van der Waals surface area (Å²) in [6.45, 7) is 13.3. The second kappa shape index (κ2) is 20.5. The number of aliphatic hydroxyl groups excluding tert-OH is 1. The third kappa shape index (κ3) is 12.6. The summed E-state index contributed by atoms with van der Waals surface area (Å²) in [4.78, 5) is 61.6. The molecule has 12 nitrogen and oxygen atoms in total. The highest BCUT2D eigenvalue weighted by atomic mass is 16.5. The number of urea groups is 1. The van der Waals surface area contributed by atoms with Crippen LogP contribution in [0.3, 0.4) is 0 Å². The highest BCUT2D eigenvalue weighted by Crippen LogP contribution is 2.32. The molecule has 1 saturated heterocycles. The minimum atomic E-state index is -1.09. The predicted octanol–water partition coefficient (Wildman–Crippen LogP) is 6.86. The van der Waals surface area contributed by atoms with Crippen LogP contribution >= 0.6 is 0 Å². The number of nitrogens with one attached hydrogen (secondary N) is 3. The smallest absolute Gasteiger partial charge is 0.406 e. The second-order valence-electron chi connectivity index (χ2n) is 17.7. The molecule has 5 rings (SSSR count). The minimum Gasteiger partial charge on any atom is -0.453 e. The maximum Gasteiger partial charge on any atom is 0.406 e. The van der Waals surface area contributed by atoms with Crippen molar-refractivity contribution in [2.75, 3.05) is 33.3 Å². The third-order valence-electron chi connectivity index (χ3n) is 11.0. The van der Waals surface area contributed by atoms with Crippen molar-refractivity contribution in [3.8, 4) is 11.3 Å². The minimum absolute atomic E-state index is 0.131. The molecule has 4 aromatic rings. The number of amides is 5. The molecule has 4 unspecified atom stereocenters. The van der Waals surface area contributed by atoms with Crippen LogP contribution in [0.2, 0.25) is 0 Å². The van der Waals surface area contributed by atoms with Crippen LogP contribution in [-0.2, 0) is 27.3 Å². The molecule has 0 spiro atoms. The van der Waals surface area contributed by atoms with Crippen molar-refractivity contribution in [1.82, 2.24) is 30.7 Å². The zero-order chi connectivity index (χ0) is 43.5. The maximum absolute atomic E-state index is 14.8. The molecule has 0 aliphatic carbocycles. The van der Waals surface area contributed by atoms with Crippen LogP contribution in [0.5, 0.6) is 0 Å². The van der Waals surface area contributed by atoms with E-state index in [-0.39, 0.29) is 43.8 Å². The number of aryl methyl sites for hydroxylation is 1. The van der Waals surface area contributed by atoms with Gasteiger partial charge >= 0.3 is 12.1 Å². The Balaban J connectivity index is 1.41. The number of aliphatic hydroxyl groups is 1. The van der Waals surface area contributed by atoms with Crippen molar-refractivity contribution in [1.29, 1.82) is 0 Å². The van der Waals surface area contributed by atoms with E-state index in [1.54, 1.807) is 9.80 Å². The summed E-state index contributed by atoms with van der Waals surface area (Å²) in [5, 5.41) is 21.1. The van der Waals surface area contributed by atoms with Gasteiger partial charge in [-0.25, -0.2) is 9.59 Å². The van der Waals surface area contributed by atoms with E-state index in [1.165, 1.54) is 7.11 Å². The van der Waals surface area contributed by atoms with Crippen LogP contribution in [-0.4, -0.2) is 95.3 Å². The summed E-state index contributed by atoms with van der Waals surface area (Å²) < 4.78 is 4.67. The Morgan fingerprint density at radius 2 is 1.52 bits per heavy atom. The Kier molecular flexibility index (Phi) is 15.5. The summed E-state index contributed by atoms with van der Waals surface area (Å²) in [7, 11) is 1.29. The van der Waals surface area contributed by atoms with Crippen LogP contribution < -0.4 is 16.0 Å². The number of carbonyl (C=O) groups excluding carboxylic acids is 4. The highest BCUT2D eigenvalue weighted by Gasteiger charge is 2.45. The quantitative estimate of drug-likeness (QED) is 0.0856. The maximum atomic E-state index is 14.8. The van der Waals surface area contributed by atoms with Crippen molar-refractivity contribution in [3.05, 3.63) is 126 Å². The van der Waals surface area contributed by atoms with Crippen LogP contribution in [0.1, 0.15) is 75.6 Å². The Morgan fingerprint density at radius 3 is 2.13 bits per heavy atom. The van der Waals surface area contributed by atoms with Gasteiger partial charge in [-0.2, -0.15) is 0 Å². The van der Waals surface area contributed by atoms with Gasteiger partial charge in [0.2, 0.25) is 11.8 Å². The molecule has 5 amide bonds. The van der Waals surface area contributed by atoms with Crippen LogP contribution in [0.15, 0.2) is 103 Å². The van der Waals surface area contributed by atoms with Crippen molar-refractivity contribution in [2.24, 2.45) is 10.8 Å². The van der Waals surface area contributed by atoms with E-state index in [4.69, 9.17) is 0 Å². The lowest BCUT2D eigenvalue weighted by atomic mass is 9.81. The van der Waals surface area contributed by atoms with Gasteiger partial charge in [0.15, 0.2) is 0 Å². The lowest BCUT2D eigenvalue weighted by Crippen LogP contribution is -2.59. The molecule has 0 radical (unpaired) electrons. The van der Waals surface area contributed by atoms with Crippen LogP contribution in [0.25, 0.3) is 11.3 Å². The van der Waals surface area contributed by atoms with Gasteiger partial charge in [-0.3, -0.25) is 14.6 Å². The molecule has 2 heterocycles. The Bertz CT molecular complexity index is 2020. The molecule has 4 N–H and O–H groups in total. The zero-order valence-corrected chi connectivity index (χ0v) is 36.1. The Morgan fingerprint density at radius 1 is 0.850 bits per heavy atom. The molecule has 1 fully saturated rings. The molecule has 4 atom stereocenters. The van der Waals surface area contributed by atoms with E-state index in [9.17, 15) is 24.3 Å². The summed E-state index contributed by atoms with van der Waals surface area (Å²) in [6.07, 6.45) is 0.943. The number of ether oxygens (including phenoxy) is 1. The molecule has 0 bridgehead atoms. The molecule has 320 valence electrons. The van der Waals surface area contributed by atoms with Crippen molar-refractivity contribution < 1.29 is 29.0 Å². The fourth-order valence-corrected chi connectivity index (χ4v) is 7.84. The third-order valence-corrected chi connectivity index (χ3v) is 11.0. The normalized spacial score (nSPS) is 15.2. The average molecular weight is 819 g/mol. The molecule has 12 heteroatoms. The topological polar surface area (TPSA) is 153 Å². The van der Waals surface area contributed by atoms with E-state index in [2.05, 4.69) is 37.8 Å². The van der Waals surface area contributed by atoms with E-state index in [0.29, 0.717) is 26.1 Å². The first-order chi connectivity index (χ1) is 28.5. The number of pyridine rings is 1. The number of nitrogens with zero attached hydrogens (tertiary/aromatic N) is 3. The van der Waals surface area contributed by atoms with E-state index < -0.39 is 41.0 Å². The van der Waals surface area contributed by atoms with Gasteiger partial charge in [0, 0.05) is 56.8 Å². The molecular formula is C48H62N6O6. The van der Waals surface area contributed by atoms with Gasteiger partial charge in [0.05, 0.1) is 24.9 Å². The molecule has 0 saturated carbocycles. The van der Waals surface area contributed by atoms with Gasteiger partial charge in [0.1, 0.15) is 6.04 Å². The van der Waals surface area contributed by atoms with Crippen LogP contribution in [0, 0.1) is 17.8 Å². The summed E-state index contributed by atoms with van der Waals surface area (Å²) in [5.41, 5.74) is 4.65. The van der Waals surface area contributed by atoms with Gasteiger partial charge in [-0.1, -0.05) is 126 Å². The lowest BCUT2D eigenvalue weighted by molar-refractivity contribution is -0.130. The van der Waals surface area contributed by atoms with Gasteiger partial charge < -0.3 is 35.6 Å². The predicted molar refractivity (Wildman–Crippen MR) is 234 cm³/mol. The Labute approximate surface area is 355 Å². The number of aromatic nitrogens is 1. The van der Waals surface area contributed by atoms with Gasteiger partial charge in [0.25, 0.3) is 0 Å². The second-order valence-corrected chi connectivity index (χ2v) is 17.7. The number of hydrogen-bond donors (Lipinski definition) is 4. The average Bonchev–Trinajstić information content (AvgIpc) is 3.56. The van der Waals surface area contributed by atoms with E-state index in [0.717, 1.165) is 33.5 Å². The number of carbonyl (C=O) groups is 4. The summed E-state index contributed by atoms with van der Waals surface area (Å²) in [6, 6.07) is 30.0. The number of methoxy groups -OCH3 is 1. The van der Waals surface area contributed by atoms with Crippen molar-refractivity contribution in [2.45, 2.75) is 91.5 Å². The molecule has 1 aromatic heterocycles. The number of hydrogen-bond acceptors (Lipinski definition) is 7. The van der Waals surface area contributed by atoms with E-state index >= 15 is 0 Å². The molecule has 1 aliphatic rings. The fourth-order valence-electron chi connectivity index (χ4n) is 7.84. The van der Waals surface area contributed by atoms with Gasteiger partial charge in [-0.15, -0.1) is 0 Å². The lowest BCUT2D eigenvalue weighted by Gasteiger charge is -2.39. The highest BCUT2D eigenvalue weighted by molar-refractivity contribution is 5.89. The fraction of sp³-hybridized carbons (Fsp3) is 0.438. The van der Waals surface area contributed by atoms with Crippen molar-refractivity contribution in [3.63, 3.8) is 0 Å².